The molecule has 0 saturated heterocycles. The lowest BCUT2D eigenvalue weighted by molar-refractivity contribution is 0.144. The average Bonchev–Trinajstić information content (AvgIpc) is 2.66. The van der Waals surface area contributed by atoms with E-state index in [1.807, 2.05) is 0 Å². The molecule has 0 aromatic carbocycles. The smallest absolute Gasteiger partial charge is 0.0477 e. The third-order valence-corrected chi connectivity index (χ3v) is 4.12. The highest BCUT2D eigenvalue weighted by atomic mass is 32.2. The molecule has 15 heavy (non-hydrogen) atoms. The fourth-order valence-electron chi connectivity index (χ4n) is 2.14. The van der Waals surface area contributed by atoms with Gasteiger partial charge in [-0.25, -0.2) is 0 Å². The number of hydrogen-bond donors (Lipinski definition) is 1. The molecule has 0 aliphatic heterocycles. The predicted molar refractivity (Wildman–Crippen MR) is 68.7 cm³/mol. The lowest BCUT2D eigenvalue weighted by Gasteiger charge is -2.12. The van der Waals surface area contributed by atoms with E-state index in [0.29, 0.717) is 0 Å². The Bertz CT molecular complexity index is 155. The Kier molecular flexibility index (Phi) is 7.49. The molecule has 1 rings (SSSR count). The zero-order valence-electron chi connectivity index (χ0n) is 10.1. The molecule has 0 spiro atoms. The van der Waals surface area contributed by atoms with Crippen LogP contribution in [0, 0.1) is 0 Å². The van der Waals surface area contributed by atoms with Gasteiger partial charge in [-0.05, 0) is 44.9 Å². The Balaban J connectivity index is 1.94. The average molecular weight is 231 g/mol. The molecule has 2 unspecified atom stereocenters. The van der Waals surface area contributed by atoms with Crippen LogP contribution in [0.5, 0.6) is 0 Å². The van der Waals surface area contributed by atoms with Crippen LogP contribution >= 0.6 is 11.8 Å². The standard InChI is InChI=1S/C12H25NOS/c1-3-14-9-5-8-13-11-6-7-12(10-11)15-4-2/h11-13H,3-10H2,1-2H3. The molecule has 0 amide bonds. The van der Waals surface area contributed by atoms with Gasteiger partial charge < -0.3 is 10.1 Å². The van der Waals surface area contributed by atoms with Crippen molar-refractivity contribution in [2.45, 2.75) is 50.8 Å². The van der Waals surface area contributed by atoms with Gasteiger partial charge in [0.2, 0.25) is 0 Å². The van der Waals surface area contributed by atoms with Crippen LogP contribution in [0.2, 0.25) is 0 Å². The van der Waals surface area contributed by atoms with Gasteiger partial charge in [-0.3, -0.25) is 0 Å². The van der Waals surface area contributed by atoms with Gasteiger partial charge in [0.25, 0.3) is 0 Å². The molecule has 1 N–H and O–H groups in total. The van der Waals surface area contributed by atoms with Gasteiger partial charge >= 0.3 is 0 Å². The summed E-state index contributed by atoms with van der Waals surface area (Å²) < 4.78 is 5.31. The number of nitrogens with one attached hydrogen (secondary N) is 1. The Labute approximate surface area is 98.5 Å². The first-order valence-corrected chi connectivity index (χ1v) is 7.34. The van der Waals surface area contributed by atoms with Gasteiger partial charge in [0, 0.05) is 24.5 Å². The van der Waals surface area contributed by atoms with Crippen LogP contribution in [0.3, 0.4) is 0 Å². The van der Waals surface area contributed by atoms with Gasteiger partial charge in [-0.2, -0.15) is 11.8 Å². The summed E-state index contributed by atoms with van der Waals surface area (Å²) in [5, 5.41) is 4.55. The molecule has 0 bridgehead atoms. The Morgan fingerprint density at radius 1 is 1.33 bits per heavy atom. The fourth-order valence-corrected chi connectivity index (χ4v) is 3.28. The van der Waals surface area contributed by atoms with E-state index in [4.69, 9.17) is 4.74 Å². The van der Waals surface area contributed by atoms with Crippen LogP contribution in [-0.2, 0) is 4.74 Å². The summed E-state index contributed by atoms with van der Waals surface area (Å²) in [6.45, 7) is 7.18. The van der Waals surface area contributed by atoms with Crippen molar-refractivity contribution in [3.8, 4) is 0 Å². The Morgan fingerprint density at radius 3 is 2.93 bits per heavy atom. The molecule has 3 heteroatoms. The van der Waals surface area contributed by atoms with Crippen molar-refractivity contribution in [3.63, 3.8) is 0 Å². The lowest BCUT2D eigenvalue weighted by Crippen LogP contribution is -2.28. The zero-order chi connectivity index (χ0) is 10.9. The minimum Gasteiger partial charge on any atom is -0.382 e. The Morgan fingerprint density at radius 2 is 2.20 bits per heavy atom. The monoisotopic (exact) mass is 231 g/mol. The SMILES string of the molecule is CCOCCCNC1CCC(SCC)C1. The largest absolute Gasteiger partial charge is 0.382 e. The summed E-state index contributed by atoms with van der Waals surface area (Å²) in [6, 6.07) is 0.774. The van der Waals surface area contributed by atoms with Crippen molar-refractivity contribution in [1.29, 1.82) is 0 Å². The third kappa shape index (κ3) is 5.79. The van der Waals surface area contributed by atoms with E-state index in [2.05, 4.69) is 30.9 Å². The van der Waals surface area contributed by atoms with Gasteiger partial charge in [-0.15, -0.1) is 0 Å². The highest BCUT2D eigenvalue weighted by Crippen LogP contribution is 2.29. The van der Waals surface area contributed by atoms with E-state index in [1.54, 1.807) is 0 Å². The summed E-state index contributed by atoms with van der Waals surface area (Å²) in [7, 11) is 0. The van der Waals surface area contributed by atoms with E-state index in [-0.39, 0.29) is 0 Å². The summed E-state index contributed by atoms with van der Waals surface area (Å²) >= 11 is 2.13. The van der Waals surface area contributed by atoms with Gasteiger partial charge in [0.1, 0.15) is 0 Å². The summed E-state index contributed by atoms with van der Waals surface area (Å²) in [5.41, 5.74) is 0. The normalized spacial score (nSPS) is 26.0. The fraction of sp³-hybridized carbons (Fsp3) is 1.00. The van der Waals surface area contributed by atoms with Crippen molar-refractivity contribution < 1.29 is 4.74 Å². The first-order chi connectivity index (χ1) is 7.36. The van der Waals surface area contributed by atoms with Crippen molar-refractivity contribution in [1.82, 2.24) is 5.32 Å². The zero-order valence-corrected chi connectivity index (χ0v) is 10.9. The van der Waals surface area contributed by atoms with E-state index >= 15 is 0 Å². The number of thioether (sulfide) groups is 1. The molecule has 90 valence electrons. The summed E-state index contributed by atoms with van der Waals surface area (Å²) in [5.74, 6) is 1.27. The summed E-state index contributed by atoms with van der Waals surface area (Å²) in [6.07, 6.45) is 5.29. The lowest BCUT2D eigenvalue weighted by atomic mass is 10.2. The van der Waals surface area contributed by atoms with Crippen molar-refractivity contribution in [2.75, 3.05) is 25.5 Å². The number of hydrogen-bond acceptors (Lipinski definition) is 3. The van der Waals surface area contributed by atoms with E-state index in [1.165, 1.54) is 25.0 Å². The first-order valence-electron chi connectivity index (χ1n) is 6.29. The number of ether oxygens (including phenoxy) is 1. The highest BCUT2D eigenvalue weighted by molar-refractivity contribution is 7.99. The molecule has 0 aromatic heterocycles. The second-order valence-corrected chi connectivity index (χ2v) is 5.67. The van der Waals surface area contributed by atoms with E-state index in [0.717, 1.165) is 37.5 Å². The van der Waals surface area contributed by atoms with Gasteiger partial charge in [0.15, 0.2) is 0 Å². The summed E-state index contributed by atoms with van der Waals surface area (Å²) in [4.78, 5) is 0. The van der Waals surface area contributed by atoms with Crippen molar-refractivity contribution in [2.24, 2.45) is 0 Å². The number of rotatable bonds is 8. The second kappa shape index (κ2) is 8.43. The molecule has 0 aromatic rings. The molecule has 2 nitrogen and oxygen atoms in total. The first kappa shape index (κ1) is 13.3. The quantitative estimate of drug-likeness (QED) is 0.649. The van der Waals surface area contributed by atoms with E-state index < -0.39 is 0 Å². The molecule has 2 atom stereocenters. The van der Waals surface area contributed by atoms with Crippen LogP contribution < -0.4 is 5.32 Å². The minimum absolute atomic E-state index is 0.774. The van der Waals surface area contributed by atoms with Crippen molar-refractivity contribution >= 4 is 11.8 Å². The maximum atomic E-state index is 5.31. The maximum Gasteiger partial charge on any atom is 0.0477 e. The molecule has 1 saturated carbocycles. The molecular weight excluding hydrogens is 206 g/mol. The second-order valence-electron chi connectivity index (χ2n) is 4.09. The molecule has 0 heterocycles. The van der Waals surface area contributed by atoms with Crippen LogP contribution in [0.1, 0.15) is 39.5 Å². The predicted octanol–water partition coefficient (Wildman–Crippen LogP) is 2.68. The van der Waals surface area contributed by atoms with Crippen molar-refractivity contribution in [3.05, 3.63) is 0 Å². The molecule has 1 aliphatic carbocycles. The third-order valence-electron chi connectivity index (χ3n) is 2.89. The molecule has 1 aliphatic rings. The molecular formula is C12H25NOS. The maximum absolute atomic E-state index is 5.31. The van der Waals surface area contributed by atoms with Gasteiger partial charge in [0.05, 0.1) is 0 Å². The van der Waals surface area contributed by atoms with Crippen LogP contribution in [-0.4, -0.2) is 36.8 Å². The minimum atomic E-state index is 0.774. The Hall–Kier alpha value is 0.270. The molecule has 1 fully saturated rings. The van der Waals surface area contributed by atoms with Crippen LogP contribution in [0.15, 0.2) is 0 Å². The van der Waals surface area contributed by atoms with Crippen LogP contribution in [0.25, 0.3) is 0 Å². The van der Waals surface area contributed by atoms with Crippen LogP contribution in [0.4, 0.5) is 0 Å². The molecule has 0 radical (unpaired) electrons. The highest BCUT2D eigenvalue weighted by Gasteiger charge is 2.23. The van der Waals surface area contributed by atoms with Gasteiger partial charge in [-0.1, -0.05) is 6.92 Å². The van der Waals surface area contributed by atoms with E-state index in [9.17, 15) is 0 Å². The topological polar surface area (TPSA) is 21.3 Å².